The number of aromatic nitrogens is 2. The summed E-state index contributed by atoms with van der Waals surface area (Å²) in [6, 6.07) is 9.77. The molecule has 1 unspecified atom stereocenters. The predicted molar refractivity (Wildman–Crippen MR) is 107 cm³/mol. The molecule has 3 aromatic rings. The van der Waals surface area contributed by atoms with E-state index < -0.39 is 0 Å². The van der Waals surface area contributed by atoms with Crippen molar-refractivity contribution in [3.63, 3.8) is 0 Å². The van der Waals surface area contributed by atoms with Gasteiger partial charge in [0.1, 0.15) is 0 Å². The first-order valence-electron chi connectivity index (χ1n) is 10.2. The Morgan fingerprint density at radius 3 is 2.69 bits per heavy atom. The van der Waals surface area contributed by atoms with E-state index in [4.69, 9.17) is 4.52 Å². The molecule has 1 aliphatic heterocycles. The van der Waals surface area contributed by atoms with Gasteiger partial charge in [0, 0.05) is 41.8 Å². The third-order valence-corrected chi connectivity index (χ3v) is 6.50. The van der Waals surface area contributed by atoms with Crippen molar-refractivity contribution in [2.75, 3.05) is 13.1 Å². The SMILES string of the molecule is Cc1[nH]c2ccccc2c1CC(=O)N1C[C@H]2CC[C@@H](C1)C2NC(=O)c1ccno1. The lowest BCUT2D eigenvalue weighted by atomic mass is 9.91. The Bertz CT molecular complexity index is 1040. The van der Waals surface area contributed by atoms with Crippen LogP contribution < -0.4 is 5.32 Å². The van der Waals surface area contributed by atoms with Crippen LogP contribution in [0.3, 0.4) is 0 Å². The summed E-state index contributed by atoms with van der Waals surface area (Å²) in [6.45, 7) is 3.41. The first kappa shape index (κ1) is 18.0. The molecule has 0 spiro atoms. The van der Waals surface area contributed by atoms with Gasteiger partial charge >= 0.3 is 0 Å². The third kappa shape index (κ3) is 3.20. The van der Waals surface area contributed by atoms with E-state index in [9.17, 15) is 9.59 Å². The molecular formula is C22H24N4O3. The molecule has 7 heteroatoms. The van der Waals surface area contributed by atoms with Gasteiger partial charge in [0.25, 0.3) is 5.91 Å². The molecule has 1 saturated heterocycles. The summed E-state index contributed by atoms with van der Waals surface area (Å²) in [6.07, 6.45) is 3.94. The second kappa shape index (κ2) is 7.06. The Labute approximate surface area is 168 Å². The molecule has 29 heavy (non-hydrogen) atoms. The van der Waals surface area contributed by atoms with Crippen LogP contribution in [0.2, 0.25) is 0 Å². The minimum atomic E-state index is -0.224. The minimum absolute atomic E-state index is 0.0893. The van der Waals surface area contributed by atoms with Gasteiger partial charge in [-0.05, 0) is 43.2 Å². The van der Waals surface area contributed by atoms with E-state index in [1.807, 2.05) is 30.0 Å². The van der Waals surface area contributed by atoms with E-state index in [0.29, 0.717) is 19.5 Å². The van der Waals surface area contributed by atoms with Crippen molar-refractivity contribution < 1.29 is 14.1 Å². The number of hydrogen-bond donors (Lipinski definition) is 2. The Morgan fingerprint density at radius 2 is 1.97 bits per heavy atom. The molecule has 1 aliphatic carbocycles. The van der Waals surface area contributed by atoms with Gasteiger partial charge in [-0.1, -0.05) is 23.4 Å². The van der Waals surface area contributed by atoms with Crippen LogP contribution in [0, 0.1) is 18.8 Å². The van der Waals surface area contributed by atoms with Gasteiger partial charge in [-0.3, -0.25) is 9.59 Å². The lowest BCUT2D eigenvalue weighted by Crippen LogP contribution is -2.54. The van der Waals surface area contributed by atoms with Crippen molar-refractivity contribution in [3.8, 4) is 0 Å². The summed E-state index contributed by atoms with van der Waals surface area (Å²) in [5.74, 6) is 0.744. The summed E-state index contributed by atoms with van der Waals surface area (Å²) < 4.78 is 4.96. The van der Waals surface area contributed by atoms with E-state index >= 15 is 0 Å². The first-order chi connectivity index (χ1) is 14.1. The molecule has 7 nitrogen and oxygen atoms in total. The predicted octanol–water partition coefficient (Wildman–Crippen LogP) is 2.67. The normalized spacial score (nSPS) is 23.5. The van der Waals surface area contributed by atoms with E-state index in [-0.39, 0.29) is 35.5 Å². The highest BCUT2D eigenvalue weighted by atomic mass is 16.5. The first-order valence-corrected chi connectivity index (χ1v) is 10.2. The number of aromatic amines is 1. The number of nitrogens with one attached hydrogen (secondary N) is 2. The zero-order valence-electron chi connectivity index (χ0n) is 16.4. The fourth-order valence-corrected chi connectivity index (χ4v) is 5.04. The smallest absolute Gasteiger partial charge is 0.290 e. The van der Waals surface area contributed by atoms with Gasteiger partial charge in [0.2, 0.25) is 11.7 Å². The second-order valence-electron chi connectivity index (χ2n) is 8.22. The average molecular weight is 392 g/mol. The quantitative estimate of drug-likeness (QED) is 0.714. The molecule has 2 bridgehead atoms. The molecule has 0 radical (unpaired) electrons. The van der Waals surface area contributed by atoms with Crippen LogP contribution in [0.1, 0.15) is 34.7 Å². The van der Waals surface area contributed by atoms with Crippen molar-refractivity contribution in [1.82, 2.24) is 20.4 Å². The largest absolute Gasteiger partial charge is 0.358 e. The van der Waals surface area contributed by atoms with E-state index in [1.54, 1.807) is 6.07 Å². The number of para-hydroxylation sites is 1. The molecule has 2 amide bonds. The highest BCUT2D eigenvalue weighted by molar-refractivity contribution is 5.92. The summed E-state index contributed by atoms with van der Waals surface area (Å²) >= 11 is 0. The van der Waals surface area contributed by atoms with Crippen molar-refractivity contribution in [2.24, 2.45) is 11.8 Å². The molecule has 2 N–H and O–H groups in total. The Kier molecular flexibility index (Phi) is 4.38. The number of fused-ring (bicyclic) bond motifs is 3. The van der Waals surface area contributed by atoms with Crippen LogP contribution >= 0.6 is 0 Å². The molecule has 2 aliphatic rings. The highest BCUT2D eigenvalue weighted by Gasteiger charge is 2.44. The number of aryl methyl sites for hydroxylation is 1. The number of piperidine rings is 1. The van der Waals surface area contributed by atoms with Crippen LogP contribution in [0.5, 0.6) is 0 Å². The molecule has 3 heterocycles. The van der Waals surface area contributed by atoms with Gasteiger partial charge in [0.15, 0.2) is 0 Å². The Balaban J connectivity index is 1.27. The van der Waals surface area contributed by atoms with Gasteiger partial charge < -0.3 is 19.7 Å². The van der Waals surface area contributed by atoms with Crippen molar-refractivity contribution in [1.29, 1.82) is 0 Å². The summed E-state index contributed by atoms with van der Waals surface area (Å²) in [7, 11) is 0. The average Bonchev–Trinajstić information content (AvgIpc) is 3.40. The number of carbonyl (C=O) groups excluding carboxylic acids is 2. The maximum Gasteiger partial charge on any atom is 0.290 e. The number of hydrogen-bond acceptors (Lipinski definition) is 4. The van der Waals surface area contributed by atoms with Gasteiger partial charge in [-0.15, -0.1) is 0 Å². The number of H-pyrrole nitrogens is 1. The van der Waals surface area contributed by atoms with Crippen LogP contribution in [-0.2, 0) is 11.2 Å². The van der Waals surface area contributed by atoms with Crippen molar-refractivity contribution >= 4 is 22.7 Å². The number of carbonyl (C=O) groups is 2. The third-order valence-electron chi connectivity index (χ3n) is 6.50. The molecule has 2 fully saturated rings. The number of amides is 2. The zero-order valence-corrected chi connectivity index (χ0v) is 16.4. The van der Waals surface area contributed by atoms with Crippen LogP contribution in [-0.4, -0.2) is 46.0 Å². The molecule has 5 rings (SSSR count). The van der Waals surface area contributed by atoms with Gasteiger partial charge in [-0.25, -0.2) is 0 Å². The van der Waals surface area contributed by atoms with Gasteiger partial charge in [-0.2, -0.15) is 0 Å². The summed E-state index contributed by atoms with van der Waals surface area (Å²) in [4.78, 5) is 30.8. The van der Waals surface area contributed by atoms with Gasteiger partial charge in [0.05, 0.1) is 12.6 Å². The highest BCUT2D eigenvalue weighted by Crippen LogP contribution is 2.37. The fourth-order valence-electron chi connectivity index (χ4n) is 5.04. The monoisotopic (exact) mass is 392 g/mol. The number of likely N-dealkylation sites (tertiary alicyclic amines) is 1. The fraction of sp³-hybridized carbons (Fsp3) is 0.409. The van der Waals surface area contributed by atoms with Crippen LogP contribution in [0.4, 0.5) is 0 Å². The molecule has 150 valence electrons. The Hall–Kier alpha value is -3.09. The number of nitrogens with zero attached hydrogens (tertiary/aromatic N) is 2. The molecule has 2 aromatic heterocycles. The Morgan fingerprint density at radius 1 is 1.21 bits per heavy atom. The van der Waals surface area contributed by atoms with Crippen LogP contribution in [0.25, 0.3) is 10.9 Å². The van der Waals surface area contributed by atoms with Crippen molar-refractivity contribution in [2.45, 2.75) is 32.2 Å². The lowest BCUT2D eigenvalue weighted by molar-refractivity contribution is -0.132. The van der Waals surface area contributed by atoms with Crippen molar-refractivity contribution in [3.05, 3.63) is 53.5 Å². The molecule has 3 atom stereocenters. The lowest BCUT2D eigenvalue weighted by Gasteiger charge is -2.38. The molecule has 1 saturated carbocycles. The van der Waals surface area contributed by atoms with E-state index in [1.165, 1.54) is 6.20 Å². The number of benzene rings is 1. The van der Waals surface area contributed by atoms with E-state index in [2.05, 4.69) is 21.5 Å². The maximum absolute atomic E-state index is 13.1. The summed E-state index contributed by atoms with van der Waals surface area (Å²) in [5.41, 5.74) is 3.21. The topological polar surface area (TPSA) is 91.2 Å². The summed E-state index contributed by atoms with van der Waals surface area (Å²) in [5, 5.41) is 7.82. The number of rotatable bonds is 4. The maximum atomic E-state index is 13.1. The zero-order chi connectivity index (χ0) is 20.0. The minimum Gasteiger partial charge on any atom is -0.358 e. The molecular weight excluding hydrogens is 368 g/mol. The second-order valence-corrected chi connectivity index (χ2v) is 8.22. The standard InChI is InChI=1S/C22H24N4O3/c1-13-17(16-4-2-3-5-18(16)24-13)10-20(27)26-11-14-6-7-15(12-26)21(14)25-22(28)19-8-9-23-29-19/h2-5,8-9,14-15,21,24H,6-7,10-12H2,1H3,(H,25,28)/t14-,15+,21?. The van der Waals surface area contributed by atoms with Crippen LogP contribution in [0.15, 0.2) is 41.1 Å². The molecule has 1 aromatic carbocycles. The van der Waals surface area contributed by atoms with E-state index in [0.717, 1.165) is 35.0 Å².